The average molecular weight is 524 g/mol. The van der Waals surface area contributed by atoms with Crippen LogP contribution in [-0.2, 0) is 9.59 Å². The Labute approximate surface area is 194 Å². The highest BCUT2D eigenvalue weighted by atomic mass is 127. The van der Waals surface area contributed by atoms with Crippen molar-refractivity contribution in [3.63, 3.8) is 0 Å². The second kappa shape index (κ2) is 15.7. The molecule has 0 aromatic heterocycles. The molecule has 29 heavy (non-hydrogen) atoms. The Hall–Kier alpha value is -1.06. The van der Waals surface area contributed by atoms with Gasteiger partial charge in [0.25, 0.3) is 0 Å². The molecule has 0 aliphatic carbocycles. The summed E-state index contributed by atoms with van der Waals surface area (Å²) in [6.07, 6.45) is 4.14. The van der Waals surface area contributed by atoms with E-state index in [-0.39, 0.29) is 35.8 Å². The van der Waals surface area contributed by atoms with Crippen molar-refractivity contribution in [3.8, 4) is 0 Å². The van der Waals surface area contributed by atoms with Gasteiger partial charge in [-0.2, -0.15) is 0 Å². The molecule has 7 nitrogen and oxygen atoms in total. The molecule has 1 fully saturated rings. The maximum atomic E-state index is 12.4. The summed E-state index contributed by atoms with van der Waals surface area (Å²) in [5.74, 6) is 2.24. The minimum Gasteiger partial charge on any atom is -0.356 e. The van der Waals surface area contributed by atoms with Gasteiger partial charge in [-0.15, -0.1) is 24.0 Å². The van der Waals surface area contributed by atoms with E-state index in [9.17, 15) is 9.59 Å². The molecule has 0 bridgehead atoms. The van der Waals surface area contributed by atoms with Gasteiger partial charge in [-0.25, -0.2) is 0 Å². The molecule has 0 radical (unpaired) electrons. The van der Waals surface area contributed by atoms with E-state index < -0.39 is 0 Å². The fourth-order valence-electron chi connectivity index (χ4n) is 3.15. The number of rotatable bonds is 10. The highest BCUT2D eigenvalue weighted by Crippen LogP contribution is 2.10. The van der Waals surface area contributed by atoms with E-state index in [0.717, 1.165) is 38.3 Å². The summed E-state index contributed by atoms with van der Waals surface area (Å²) in [7, 11) is 1.78. The minimum atomic E-state index is 0. The maximum absolute atomic E-state index is 12.4. The van der Waals surface area contributed by atoms with Crippen molar-refractivity contribution in [3.05, 3.63) is 0 Å². The number of nitrogens with zero attached hydrogens (tertiary/aromatic N) is 3. The highest BCUT2D eigenvalue weighted by Gasteiger charge is 2.23. The molecule has 0 spiro atoms. The summed E-state index contributed by atoms with van der Waals surface area (Å²) < 4.78 is 0. The van der Waals surface area contributed by atoms with Gasteiger partial charge in [0, 0.05) is 59.2 Å². The van der Waals surface area contributed by atoms with Crippen LogP contribution in [0.15, 0.2) is 4.99 Å². The minimum absolute atomic E-state index is 0. The smallest absolute Gasteiger partial charge is 0.222 e. The molecule has 2 amide bonds. The Bertz CT molecular complexity index is 503. The molecular weight excluding hydrogens is 481 g/mol. The van der Waals surface area contributed by atoms with E-state index in [2.05, 4.69) is 43.3 Å². The number of aliphatic imine (C=N–C) groups is 1. The SMILES string of the molecule is CN=C(NCCCCCC(=O)N1CCN(C(=O)CC(C)C)CC1)NCC(C)C.I. The Balaban J connectivity index is 0.00000784. The van der Waals surface area contributed by atoms with Gasteiger partial charge >= 0.3 is 0 Å². The molecule has 8 heteroatoms. The molecule has 1 aliphatic heterocycles. The predicted molar refractivity (Wildman–Crippen MR) is 131 cm³/mol. The van der Waals surface area contributed by atoms with Crippen LogP contribution in [-0.4, -0.2) is 73.9 Å². The van der Waals surface area contributed by atoms with Crippen molar-refractivity contribution >= 4 is 41.8 Å². The van der Waals surface area contributed by atoms with E-state index in [1.807, 2.05) is 9.80 Å². The molecule has 0 aromatic carbocycles. The Morgan fingerprint density at radius 1 is 0.862 bits per heavy atom. The normalized spacial score (nSPS) is 14.8. The van der Waals surface area contributed by atoms with Gasteiger partial charge < -0.3 is 20.4 Å². The average Bonchev–Trinajstić information content (AvgIpc) is 2.66. The van der Waals surface area contributed by atoms with Gasteiger partial charge in [-0.1, -0.05) is 34.1 Å². The van der Waals surface area contributed by atoms with Crippen LogP contribution in [0.4, 0.5) is 0 Å². The zero-order valence-electron chi connectivity index (χ0n) is 19.0. The molecule has 170 valence electrons. The zero-order valence-corrected chi connectivity index (χ0v) is 21.3. The monoisotopic (exact) mass is 523 g/mol. The van der Waals surface area contributed by atoms with E-state index in [0.29, 0.717) is 50.9 Å². The van der Waals surface area contributed by atoms with Gasteiger partial charge in [0.1, 0.15) is 0 Å². The quantitative estimate of drug-likeness (QED) is 0.200. The number of carbonyl (C=O) groups is 2. The van der Waals surface area contributed by atoms with Crippen molar-refractivity contribution in [1.29, 1.82) is 0 Å². The molecular formula is C21H42IN5O2. The van der Waals surface area contributed by atoms with Gasteiger partial charge in [-0.05, 0) is 24.7 Å². The predicted octanol–water partition coefficient (Wildman–Crippen LogP) is 2.70. The first-order chi connectivity index (χ1) is 13.3. The van der Waals surface area contributed by atoms with E-state index in [4.69, 9.17) is 0 Å². The Morgan fingerprint density at radius 2 is 1.45 bits per heavy atom. The second-order valence-corrected chi connectivity index (χ2v) is 8.44. The number of halogens is 1. The number of amides is 2. The number of hydrogen-bond donors (Lipinski definition) is 2. The largest absolute Gasteiger partial charge is 0.356 e. The molecule has 1 saturated heterocycles. The number of hydrogen-bond acceptors (Lipinski definition) is 3. The van der Waals surface area contributed by atoms with Gasteiger partial charge in [0.05, 0.1) is 0 Å². The molecule has 2 N–H and O–H groups in total. The van der Waals surface area contributed by atoms with E-state index in [1.165, 1.54) is 0 Å². The summed E-state index contributed by atoms with van der Waals surface area (Å²) in [6, 6.07) is 0. The van der Waals surface area contributed by atoms with Gasteiger partial charge in [0.15, 0.2) is 5.96 Å². The van der Waals surface area contributed by atoms with Crippen LogP contribution in [0.3, 0.4) is 0 Å². The third kappa shape index (κ3) is 12.3. The lowest BCUT2D eigenvalue weighted by molar-refractivity contribution is -0.140. The summed E-state index contributed by atoms with van der Waals surface area (Å²) in [6.45, 7) is 12.9. The summed E-state index contributed by atoms with van der Waals surface area (Å²) in [4.78, 5) is 32.5. The number of unbranched alkanes of at least 4 members (excludes halogenated alkanes) is 2. The van der Waals surface area contributed by atoms with Crippen LogP contribution in [0.25, 0.3) is 0 Å². The third-order valence-electron chi connectivity index (χ3n) is 4.83. The first-order valence-electron chi connectivity index (χ1n) is 10.8. The van der Waals surface area contributed by atoms with E-state index in [1.54, 1.807) is 7.05 Å². The topological polar surface area (TPSA) is 77.0 Å². The lowest BCUT2D eigenvalue weighted by Crippen LogP contribution is -2.50. The van der Waals surface area contributed by atoms with Gasteiger partial charge in [-0.3, -0.25) is 14.6 Å². The zero-order chi connectivity index (χ0) is 20.9. The lowest BCUT2D eigenvalue weighted by atomic mass is 10.1. The van der Waals surface area contributed by atoms with Crippen LogP contribution >= 0.6 is 24.0 Å². The van der Waals surface area contributed by atoms with Crippen LogP contribution < -0.4 is 10.6 Å². The first-order valence-corrected chi connectivity index (χ1v) is 10.8. The van der Waals surface area contributed by atoms with Crippen LogP contribution in [0.5, 0.6) is 0 Å². The van der Waals surface area contributed by atoms with Crippen molar-refractivity contribution < 1.29 is 9.59 Å². The van der Waals surface area contributed by atoms with Crippen molar-refractivity contribution in [2.75, 3.05) is 46.3 Å². The lowest BCUT2D eigenvalue weighted by Gasteiger charge is -2.35. The standard InChI is InChI=1S/C21H41N5O2.HI/c1-17(2)15-20(28)26-13-11-25(12-14-26)19(27)9-7-6-8-10-23-21(22-5)24-16-18(3)4;/h17-18H,6-16H2,1-5H3,(H2,22,23,24);1H. The fourth-order valence-corrected chi connectivity index (χ4v) is 3.15. The van der Waals surface area contributed by atoms with Crippen LogP contribution in [0.2, 0.25) is 0 Å². The molecule has 0 unspecified atom stereocenters. The number of nitrogens with one attached hydrogen (secondary N) is 2. The third-order valence-corrected chi connectivity index (χ3v) is 4.83. The first kappa shape index (κ1) is 27.9. The molecule has 0 aromatic rings. The van der Waals surface area contributed by atoms with Crippen molar-refractivity contribution in [1.82, 2.24) is 20.4 Å². The Morgan fingerprint density at radius 3 is 1.97 bits per heavy atom. The molecule has 0 atom stereocenters. The van der Waals surface area contributed by atoms with Crippen LogP contribution in [0, 0.1) is 11.8 Å². The summed E-state index contributed by atoms with van der Waals surface area (Å²) in [5.41, 5.74) is 0. The summed E-state index contributed by atoms with van der Waals surface area (Å²) >= 11 is 0. The molecule has 1 heterocycles. The van der Waals surface area contributed by atoms with Crippen LogP contribution in [0.1, 0.15) is 59.8 Å². The Kier molecular flexibility index (Phi) is 15.2. The highest BCUT2D eigenvalue weighted by molar-refractivity contribution is 14.0. The fraction of sp³-hybridized carbons (Fsp3) is 0.857. The molecule has 0 saturated carbocycles. The van der Waals surface area contributed by atoms with Crippen molar-refractivity contribution in [2.24, 2.45) is 16.8 Å². The number of piperazine rings is 1. The van der Waals surface area contributed by atoms with Crippen molar-refractivity contribution in [2.45, 2.75) is 59.8 Å². The molecule has 1 aliphatic rings. The second-order valence-electron chi connectivity index (χ2n) is 8.44. The maximum Gasteiger partial charge on any atom is 0.222 e. The number of carbonyl (C=O) groups excluding carboxylic acids is 2. The molecule has 1 rings (SSSR count). The number of guanidine groups is 1. The van der Waals surface area contributed by atoms with Gasteiger partial charge in [0.2, 0.25) is 11.8 Å². The summed E-state index contributed by atoms with van der Waals surface area (Å²) in [5, 5.41) is 6.60. The van der Waals surface area contributed by atoms with E-state index >= 15 is 0 Å².